The number of hydrogen-bond acceptors (Lipinski definition) is 3. The maximum absolute atomic E-state index is 11.6. The maximum Gasteiger partial charge on any atom is 0.219 e. The first-order valence-electron chi connectivity index (χ1n) is 9.21. The fourth-order valence-corrected chi connectivity index (χ4v) is 2.51. The van der Waals surface area contributed by atoms with Crippen LogP contribution >= 0.6 is 0 Å². The SMILES string of the molecule is NCCCCCCNC(=O)CCCCCCCCCCC=O. The first kappa shape index (κ1) is 21.1. The molecule has 0 aromatic heterocycles. The summed E-state index contributed by atoms with van der Waals surface area (Å²) in [6.45, 7) is 1.58. The predicted octanol–water partition coefficient (Wildman–Crippen LogP) is 3.72. The lowest BCUT2D eigenvalue weighted by Crippen LogP contribution is -2.23. The highest BCUT2D eigenvalue weighted by atomic mass is 16.1. The Morgan fingerprint density at radius 1 is 0.773 bits per heavy atom. The van der Waals surface area contributed by atoms with Crippen molar-refractivity contribution in [2.24, 2.45) is 5.73 Å². The maximum atomic E-state index is 11.6. The van der Waals surface area contributed by atoms with Crippen LogP contribution in [0.1, 0.15) is 89.9 Å². The van der Waals surface area contributed by atoms with Gasteiger partial charge in [0.25, 0.3) is 0 Å². The van der Waals surface area contributed by atoms with E-state index >= 15 is 0 Å². The summed E-state index contributed by atoms with van der Waals surface area (Å²) in [5.74, 6) is 0.202. The molecule has 22 heavy (non-hydrogen) atoms. The van der Waals surface area contributed by atoms with E-state index in [1.807, 2.05) is 0 Å². The van der Waals surface area contributed by atoms with Gasteiger partial charge in [0.05, 0.1) is 0 Å². The molecule has 0 aliphatic heterocycles. The lowest BCUT2D eigenvalue weighted by molar-refractivity contribution is -0.121. The van der Waals surface area contributed by atoms with Gasteiger partial charge >= 0.3 is 0 Å². The Kier molecular flexibility index (Phi) is 17.4. The number of carbonyl (C=O) groups excluding carboxylic acids is 2. The van der Waals surface area contributed by atoms with Crippen LogP contribution in [-0.2, 0) is 9.59 Å². The normalized spacial score (nSPS) is 10.6. The third-order valence-electron chi connectivity index (χ3n) is 3.93. The third kappa shape index (κ3) is 17.2. The molecule has 0 saturated heterocycles. The van der Waals surface area contributed by atoms with Crippen LogP contribution in [0.4, 0.5) is 0 Å². The van der Waals surface area contributed by atoms with Gasteiger partial charge in [-0.25, -0.2) is 0 Å². The molecule has 4 nitrogen and oxygen atoms in total. The lowest BCUT2D eigenvalue weighted by Gasteiger charge is -2.05. The van der Waals surface area contributed by atoms with Crippen molar-refractivity contribution < 1.29 is 9.59 Å². The molecule has 0 bridgehead atoms. The van der Waals surface area contributed by atoms with E-state index in [0.29, 0.717) is 12.8 Å². The summed E-state index contributed by atoms with van der Waals surface area (Å²) in [6, 6.07) is 0. The quantitative estimate of drug-likeness (QED) is 0.317. The van der Waals surface area contributed by atoms with Gasteiger partial charge in [0.1, 0.15) is 6.29 Å². The third-order valence-corrected chi connectivity index (χ3v) is 3.93. The van der Waals surface area contributed by atoms with E-state index in [0.717, 1.165) is 57.9 Å². The number of amides is 1. The second-order valence-electron chi connectivity index (χ2n) is 6.09. The molecule has 0 aromatic rings. The first-order valence-corrected chi connectivity index (χ1v) is 9.21. The number of aldehydes is 1. The van der Waals surface area contributed by atoms with E-state index in [9.17, 15) is 9.59 Å². The molecule has 4 heteroatoms. The van der Waals surface area contributed by atoms with Crippen LogP contribution in [0.25, 0.3) is 0 Å². The van der Waals surface area contributed by atoms with Crippen molar-refractivity contribution >= 4 is 12.2 Å². The largest absolute Gasteiger partial charge is 0.356 e. The van der Waals surface area contributed by atoms with E-state index in [1.54, 1.807) is 0 Å². The molecule has 0 unspecified atom stereocenters. The molecule has 0 rings (SSSR count). The summed E-state index contributed by atoms with van der Waals surface area (Å²) in [6.07, 6.45) is 16.2. The van der Waals surface area contributed by atoms with Crippen molar-refractivity contribution in [3.05, 3.63) is 0 Å². The number of unbranched alkanes of at least 4 members (excludes halogenated alkanes) is 11. The summed E-state index contributed by atoms with van der Waals surface area (Å²) >= 11 is 0. The summed E-state index contributed by atoms with van der Waals surface area (Å²) < 4.78 is 0. The number of hydrogen-bond donors (Lipinski definition) is 2. The molecule has 1 amide bonds. The summed E-state index contributed by atoms with van der Waals surface area (Å²) in [4.78, 5) is 21.8. The molecule has 0 heterocycles. The molecule has 0 aromatic carbocycles. The predicted molar refractivity (Wildman–Crippen MR) is 92.8 cm³/mol. The van der Waals surface area contributed by atoms with Gasteiger partial charge in [-0.05, 0) is 32.2 Å². The highest BCUT2D eigenvalue weighted by molar-refractivity contribution is 5.75. The van der Waals surface area contributed by atoms with Crippen LogP contribution in [0.15, 0.2) is 0 Å². The van der Waals surface area contributed by atoms with Crippen molar-refractivity contribution in [1.82, 2.24) is 5.32 Å². The fraction of sp³-hybridized carbons (Fsp3) is 0.889. The zero-order chi connectivity index (χ0) is 16.3. The van der Waals surface area contributed by atoms with Crippen LogP contribution in [0.3, 0.4) is 0 Å². The van der Waals surface area contributed by atoms with E-state index in [-0.39, 0.29) is 5.91 Å². The molecular weight excluding hydrogens is 276 g/mol. The van der Waals surface area contributed by atoms with Crippen molar-refractivity contribution in [2.45, 2.75) is 89.9 Å². The Morgan fingerprint density at radius 2 is 1.32 bits per heavy atom. The molecule has 0 radical (unpaired) electrons. The fourth-order valence-electron chi connectivity index (χ4n) is 2.51. The zero-order valence-electron chi connectivity index (χ0n) is 14.3. The smallest absolute Gasteiger partial charge is 0.219 e. The summed E-state index contributed by atoms with van der Waals surface area (Å²) in [5.41, 5.74) is 5.43. The molecule has 0 spiro atoms. The lowest BCUT2D eigenvalue weighted by atomic mass is 10.1. The summed E-state index contributed by atoms with van der Waals surface area (Å²) in [5, 5.41) is 2.99. The molecule has 0 atom stereocenters. The number of nitrogens with one attached hydrogen (secondary N) is 1. The van der Waals surface area contributed by atoms with Gasteiger partial charge in [-0.1, -0.05) is 51.4 Å². The molecule has 0 aliphatic carbocycles. The van der Waals surface area contributed by atoms with Gasteiger partial charge < -0.3 is 15.8 Å². The van der Waals surface area contributed by atoms with Gasteiger partial charge in [0.2, 0.25) is 5.91 Å². The van der Waals surface area contributed by atoms with Crippen LogP contribution in [0.5, 0.6) is 0 Å². The monoisotopic (exact) mass is 312 g/mol. The van der Waals surface area contributed by atoms with Crippen molar-refractivity contribution in [1.29, 1.82) is 0 Å². The number of rotatable bonds is 17. The molecule has 3 N–H and O–H groups in total. The zero-order valence-corrected chi connectivity index (χ0v) is 14.3. The average Bonchev–Trinajstić information content (AvgIpc) is 2.52. The topological polar surface area (TPSA) is 72.2 Å². The standard InChI is InChI=1S/C18H36N2O2/c19-15-11-7-8-12-16-20-18(22)14-10-6-4-2-1-3-5-9-13-17-21/h17H,1-16,19H2,(H,20,22). The molecular formula is C18H36N2O2. The second kappa shape index (κ2) is 18.1. The van der Waals surface area contributed by atoms with E-state index in [4.69, 9.17) is 5.73 Å². The minimum Gasteiger partial charge on any atom is -0.356 e. The molecule has 0 saturated carbocycles. The van der Waals surface area contributed by atoms with E-state index in [2.05, 4.69) is 5.32 Å². The Balaban J connectivity index is 3.13. The van der Waals surface area contributed by atoms with Gasteiger partial charge in [-0.2, -0.15) is 0 Å². The van der Waals surface area contributed by atoms with Gasteiger partial charge in [-0.3, -0.25) is 4.79 Å². The Morgan fingerprint density at radius 3 is 1.95 bits per heavy atom. The molecule has 130 valence electrons. The van der Waals surface area contributed by atoms with Crippen molar-refractivity contribution in [3.8, 4) is 0 Å². The van der Waals surface area contributed by atoms with Crippen molar-refractivity contribution in [3.63, 3.8) is 0 Å². The van der Waals surface area contributed by atoms with Gasteiger partial charge in [0, 0.05) is 19.4 Å². The second-order valence-corrected chi connectivity index (χ2v) is 6.09. The van der Waals surface area contributed by atoms with Gasteiger partial charge in [-0.15, -0.1) is 0 Å². The van der Waals surface area contributed by atoms with Crippen LogP contribution in [0, 0.1) is 0 Å². The van der Waals surface area contributed by atoms with Crippen LogP contribution in [-0.4, -0.2) is 25.3 Å². The average molecular weight is 312 g/mol. The summed E-state index contributed by atoms with van der Waals surface area (Å²) in [7, 11) is 0. The number of nitrogens with two attached hydrogens (primary N) is 1. The van der Waals surface area contributed by atoms with Gasteiger partial charge in [0.15, 0.2) is 0 Å². The van der Waals surface area contributed by atoms with E-state index in [1.165, 1.54) is 38.5 Å². The van der Waals surface area contributed by atoms with Crippen LogP contribution in [0.2, 0.25) is 0 Å². The highest BCUT2D eigenvalue weighted by Gasteiger charge is 2.00. The number of carbonyl (C=O) groups is 2. The highest BCUT2D eigenvalue weighted by Crippen LogP contribution is 2.10. The minimum absolute atomic E-state index is 0.202. The van der Waals surface area contributed by atoms with Crippen LogP contribution < -0.4 is 11.1 Å². The Hall–Kier alpha value is -0.900. The first-order chi connectivity index (χ1) is 10.8. The Bertz CT molecular complexity index is 257. The van der Waals surface area contributed by atoms with E-state index < -0.39 is 0 Å². The Labute approximate surface area is 136 Å². The van der Waals surface area contributed by atoms with Crippen molar-refractivity contribution in [2.75, 3.05) is 13.1 Å². The minimum atomic E-state index is 0.202. The molecule has 0 aliphatic rings. The molecule has 0 fully saturated rings.